The molecule has 1 fully saturated rings. The van der Waals surface area contributed by atoms with Gasteiger partial charge < -0.3 is 24.4 Å². The molecule has 2 amide bonds. The maximum Gasteiger partial charge on any atom is 0.251 e. The van der Waals surface area contributed by atoms with Crippen molar-refractivity contribution in [1.29, 1.82) is 0 Å². The summed E-state index contributed by atoms with van der Waals surface area (Å²) in [6, 6.07) is 10.7. The zero-order chi connectivity index (χ0) is 21.7. The van der Waals surface area contributed by atoms with Crippen molar-refractivity contribution in [2.45, 2.75) is 32.4 Å². The van der Waals surface area contributed by atoms with Gasteiger partial charge in [0.15, 0.2) is 11.5 Å². The van der Waals surface area contributed by atoms with E-state index >= 15 is 0 Å². The highest BCUT2D eigenvalue weighted by Gasteiger charge is 2.21. The molecule has 30 heavy (non-hydrogen) atoms. The van der Waals surface area contributed by atoms with Crippen molar-refractivity contribution in [3.05, 3.63) is 53.1 Å². The Labute approximate surface area is 176 Å². The zero-order valence-electron chi connectivity index (χ0n) is 17.9. The molecule has 1 unspecified atom stereocenters. The van der Waals surface area contributed by atoms with E-state index in [2.05, 4.69) is 5.32 Å². The predicted molar refractivity (Wildman–Crippen MR) is 113 cm³/mol. The number of rotatable bonds is 8. The molecule has 1 heterocycles. The summed E-state index contributed by atoms with van der Waals surface area (Å²) in [4.78, 5) is 26.5. The standard InChI is InChI=1S/C23H28N2O5/c1-15(18-12-19(28-2)22(30-4)20(13-18)29-3)24-23(27)17-8-5-7-16(11-17)14-25-10-6-9-21(25)26/h5,7-8,11-13,15H,6,9-10,14H2,1-4H3,(H,24,27). The van der Waals surface area contributed by atoms with Gasteiger partial charge >= 0.3 is 0 Å². The van der Waals surface area contributed by atoms with Gasteiger partial charge in [0, 0.05) is 25.1 Å². The van der Waals surface area contributed by atoms with Gasteiger partial charge in [-0.15, -0.1) is 0 Å². The lowest BCUT2D eigenvalue weighted by Gasteiger charge is -2.19. The molecular weight excluding hydrogens is 384 g/mol. The highest BCUT2D eigenvalue weighted by molar-refractivity contribution is 5.94. The number of carbonyl (C=O) groups is 2. The fourth-order valence-electron chi connectivity index (χ4n) is 3.62. The molecule has 0 spiro atoms. The van der Waals surface area contributed by atoms with Crippen LogP contribution in [0.1, 0.15) is 47.3 Å². The molecule has 1 atom stereocenters. The molecule has 160 valence electrons. The molecule has 2 aromatic rings. The van der Waals surface area contributed by atoms with Crippen molar-refractivity contribution >= 4 is 11.8 Å². The molecule has 0 aromatic heterocycles. The van der Waals surface area contributed by atoms with Crippen LogP contribution in [-0.2, 0) is 11.3 Å². The summed E-state index contributed by atoms with van der Waals surface area (Å²) < 4.78 is 16.1. The highest BCUT2D eigenvalue weighted by Crippen LogP contribution is 2.39. The van der Waals surface area contributed by atoms with E-state index in [1.165, 1.54) is 0 Å². The molecule has 0 saturated carbocycles. The van der Waals surface area contributed by atoms with Crippen LogP contribution in [0.15, 0.2) is 36.4 Å². The van der Waals surface area contributed by atoms with E-state index in [-0.39, 0.29) is 17.9 Å². The highest BCUT2D eigenvalue weighted by atomic mass is 16.5. The smallest absolute Gasteiger partial charge is 0.251 e. The van der Waals surface area contributed by atoms with E-state index in [1.54, 1.807) is 27.4 Å². The molecule has 7 nitrogen and oxygen atoms in total. The Morgan fingerprint density at radius 1 is 1.10 bits per heavy atom. The van der Waals surface area contributed by atoms with Gasteiger partial charge in [-0.05, 0) is 48.7 Å². The lowest BCUT2D eigenvalue weighted by Crippen LogP contribution is -2.27. The molecular formula is C23H28N2O5. The predicted octanol–water partition coefficient (Wildman–Crippen LogP) is 3.33. The van der Waals surface area contributed by atoms with Crippen LogP contribution in [0.4, 0.5) is 0 Å². The second-order valence-corrected chi connectivity index (χ2v) is 7.27. The first-order valence-corrected chi connectivity index (χ1v) is 9.94. The first kappa shape index (κ1) is 21.5. The maximum atomic E-state index is 12.8. The average molecular weight is 412 g/mol. The van der Waals surface area contributed by atoms with Crippen LogP contribution in [-0.4, -0.2) is 44.6 Å². The van der Waals surface area contributed by atoms with E-state index in [1.807, 2.05) is 42.2 Å². The second-order valence-electron chi connectivity index (χ2n) is 7.27. The Morgan fingerprint density at radius 3 is 2.37 bits per heavy atom. The third-order valence-electron chi connectivity index (χ3n) is 5.27. The lowest BCUT2D eigenvalue weighted by atomic mass is 10.1. The number of nitrogens with zero attached hydrogens (tertiary/aromatic N) is 1. The Bertz CT molecular complexity index is 903. The van der Waals surface area contributed by atoms with E-state index in [0.29, 0.717) is 35.8 Å². The van der Waals surface area contributed by atoms with Gasteiger partial charge in [-0.3, -0.25) is 9.59 Å². The van der Waals surface area contributed by atoms with Crippen molar-refractivity contribution in [3.63, 3.8) is 0 Å². The zero-order valence-corrected chi connectivity index (χ0v) is 17.9. The van der Waals surface area contributed by atoms with Crippen molar-refractivity contribution in [2.24, 2.45) is 0 Å². The van der Waals surface area contributed by atoms with Crippen molar-refractivity contribution in [1.82, 2.24) is 10.2 Å². The van der Waals surface area contributed by atoms with Crippen LogP contribution in [0.5, 0.6) is 17.2 Å². The third-order valence-corrected chi connectivity index (χ3v) is 5.27. The van der Waals surface area contributed by atoms with Gasteiger partial charge in [0.25, 0.3) is 5.91 Å². The van der Waals surface area contributed by atoms with Gasteiger partial charge in [-0.25, -0.2) is 0 Å². The fourth-order valence-corrected chi connectivity index (χ4v) is 3.62. The molecule has 1 saturated heterocycles. The number of hydrogen-bond acceptors (Lipinski definition) is 5. The molecule has 3 rings (SSSR count). The number of amides is 2. The molecule has 1 aliphatic heterocycles. The number of likely N-dealkylation sites (tertiary alicyclic amines) is 1. The van der Waals surface area contributed by atoms with Crippen molar-refractivity contribution in [3.8, 4) is 17.2 Å². The van der Waals surface area contributed by atoms with Gasteiger partial charge in [0.1, 0.15) is 0 Å². The first-order chi connectivity index (χ1) is 14.5. The number of carbonyl (C=O) groups excluding carboxylic acids is 2. The van der Waals surface area contributed by atoms with E-state index in [9.17, 15) is 9.59 Å². The van der Waals surface area contributed by atoms with Crippen molar-refractivity contribution < 1.29 is 23.8 Å². The monoisotopic (exact) mass is 412 g/mol. The summed E-state index contributed by atoms with van der Waals surface area (Å²) in [6.07, 6.45) is 1.50. The van der Waals surface area contributed by atoms with E-state index < -0.39 is 0 Å². The summed E-state index contributed by atoms with van der Waals surface area (Å²) in [5.74, 6) is 1.55. The first-order valence-electron chi connectivity index (χ1n) is 9.94. The molecule has 7 heteroatoms. The normalized spacial score (nSPS) is 14.4. The summed E-state index contributed by atoms with van der Waals surface area (Å²) in [5.41, 5.74) is 2.33. The summed E-state index contributed by atoms with van der Waals surface area (Å²) in [5, 5.41) is 3.01. The Morgan fingerprint density at radius 2 is 1.80 bits per heavy atom. The molecule has 0 radical (unpaired) electrons. The summed E-state index contributed by atoms with van der Waals surface area (Å²) in [6.45, 7) is 3.20. The average Bonchev–Trinajstić information content (AvgIpc) is 3.16. The fraction of sp³-hybridized carbons (Fsp3) is 0.391. The number of benzene rings is 2. The molecule has 2 aromatic carbocycles. The number of methoxy groups -OCH3 is 3. The van der Waals surface area contributed by atoms with Gasteiger partial charge in [-0.1, -0.05) is 12.1 Å². The SMILES string of the molecule is COc1cc(C(C)NC(=O)c2cccc(CN3CCCC3=O)c2)cc(OC)c1OC. The summed E-state index contributed by atoms with van der Waals surface area (Å²) in [7, 11) is 4.66. The van der Waals surface area contributed by atoms with E-state index in [0.717, 1.165) is 24.1 Å². The van der Waals surface area contributed by atoms with Crippen LogP contribution in [0.25, 0.3) is 0 Å². The lowest BCUT2D eigenvalue weighted by molar-refractivity contribution is -0.128. The van der Waals surface area contributed by atoms with Crippen LogP contribution in [0.2, 0.25) is 0 Å². The Balaban J connectivity index is 1.74. The molecule has 1 aliphatic rings. The Kier molecular flexibility index (Phi) is 6.82. The van der Waals surface area contributed by atoms with Gasteiger partial charge in [-0.2, -0.15) is 0 Å². The second kappa shape index (κ2) is 9.52. The topological polar surface area (TPSA) is 77.1 Å². The number of ether oxygens (including phenoxy) is 3. The van der Waals surface area contributed by atoms with Crippen LogP contribution >= 0.6 is 0 Å². The quantitative estimate of drug-likeness (QED) is 0.720. The minimum absolute atomic E-state index is 0.167. The minimum atomic E-state index is -0.282. The minimum Gasteiger partial charge on any atom is -0.493 e. The number of nitrogens with one attached hydrogen (secondary N) is 1. The Hall–Kier alpha value is -3.22. The molecule has 0 bridgehead atoms. The molecule has 1 N–H and O–H groups in total. The van der Waals surface area contributed by atoms with Gasteiger partial charge in [0.05, 0.1) is 27.4 Å². The van der Waals surface area contributed by atoms with Crippen molar-refractivity contribution in [2.75, 3.05) is 27.9 Å². The van der Waals surface area contributed by atoms with Gasteiger partial charge in [0.2, 0.25) is 11.7 Å². The largest absolute Gasteiger partial charge is 0.493 e. The number of hydrogen-bond donors (Lipinski definition) is 1. The third kappa shape index (κ3) is 4.67. The summed E-state index contributed by atoms with van der Waals surface area (Å²) >= 11 is 0. The maximum absolute atomic E-state index is 12.8. The van der Waals surface area contributed by atoms with E-state index in [4.69, 9.17) is 14.2 Å². The molecule has 0 aliphatic carbocycles. The van der Waals surface area contributed by atoms with Crippen LogP contribution in [0, 0.1) is 0 Å². The van der Waals surface area contributed by atoms with Crippen LogP contribution in [0.3, 0.4) is 0 Å². The van der Waals surface area contributed by atoms with Crippen LogP contribution < -0.4 is 19.5 Å².